The standard InChI is InChI=1S/C28H30N2O5/c1-33-23-15-14-22(25(17-23)34-2)18-30-24(16-13-20-9-5-3-6-10-20)26(27(30)31)29-28(32)35-19-21-11-7-4-8-12-21/h3-12,14-15,17,24,26H,13,16,18-19H2,1-2H3,(H,29,32)/t24-,26+/m0/s1. The summed E-state index contributed by atoms with van der Waals surface area (Å²) < 4.78 is 16.2. The minimum absolute atomic E-state index is 0.141. The molecule has 4 rings (SSSR count). The molecule has 1 aliphatic rings. The van der Waals surface area contributed by atoms with E-state index in [0.717, 1.165) is 17.5 Å². The van der Waals surface area contributed by atoms with E-state index in [9.17, 15) is 9.59 Å². The Morgan fingerprint density at radius 1 is 0.914 bits per heavy atom. The summed E-state index contributed by atoms with van der Waals surface area (Å²) in [6.07, 6.45) is 0.892. The highest BCUT2D eigenvalue weighted by Gasteiger charge is 2.48. The van der Waals surface area contributed by atoms with E-state index in [0.29, 0.717) is 24.5 Å². The first-order valence-electron chi connectivity index (χ1n) is 11.6. The number of β-lactam (4-membered cyclic amide) rings is 1. The van der Waals surface area contributed by atoms with Crippen molar-refractivity contribution in [2.45, 2.75) is 38.1 Å². The van der Waals surface area contributed by atoms with E-state index in [4.69, 9.17) is 14.2 Å². The number of rotatable bonds is 10. The second-order valence-corrected chi connectivity index (χ2v) is 8.42. The van der Waals surface area contributed by atoms with Gasteiger partial charge in [0.05, 0.1) is 20.3 Å². The minimum atomic E-state index is -0.633. The van der Waals surface area contributed by atoms with Crippen LogP contribution in [0, 0.1) is 0 Å². The van der Waals surface area contributed by atoms with Gasteiger partial charge < -0.3 is 24.4 Å². The van der Waals surface area contributed by atoms with Crippen molar-refractivity contribution in [1.82, 2.24) is 10.2 Å². The predicted molar refractivity (Wildman–Crippen MR) is 132 cm³/mol. The van der Waals surface area contributed by atoms with Crippen LogP contribution in [0.3, 0.4) is 0 Å². The maximum atomic E-state index is 13.1. The van der Waals surface area contributed by atoms with Crippen molar-refractivity contribution in [2.24, 2.45) is 0 Å². The molecule has 0 radical (unpaired) electrons. The molecule has 1 saturated heterocycles. The molecule has 0 bridgehead atoms. The molecule has 1 N–H and O–H groups in total. The third-order valence-corrected chi connectivity index (χ3v) is 6.23. The topological polar surface area (TPSA) is 77.1 Å². The summed E-state index contributed by atoms with van der Waals surface area (Å²) in [6.45, 7) is 0.526. The van der Waals surface area contributed by atoms with Gasteiger partial charge in [0.25, 0.3) is 0 Å². The van der Waals surface area contributed by atoms with E-state index in [1.807, 2.05) is 60.7 Å². The number of hydrogen-bond acceptors (Lipinski definition) is 5. The molecule has 2 amide bonds. The van der Waals surface area contributed by atoms with Crippen molar-refractivity contribution in [3.63, 3.8) is 0 Å². The first-order valence-corrected chi connectivity index (χ1v) is 11.6. The van der Waals surface area contributed by atoms with E-state index in [1.165, 1.54) is 5.56 Å². The highest BCUT2D eigenvalue weighted by molar-refractivity contribution is 5.92. The van der Waals surface area contributed by atoms with Gasteiger partial charge in [-0.2, -0.15) is 0 Å². The van der Waals surface area contributed by atoms with Gasteiger partial charge in [-0.3, -0.25) is 4.79 Å². The third kappa shape index (κ3) is 5.93. The zero-order valence-electron chi connectivity index (χ0n) is 20.0. The van der Waals surface area contributed by atoms with Crippen molar-refractivity contribution in [2.75, 3.05) is 14.2 Å². The van der Waals surface area contributed by atoms with Crippen LogP contribution >= 0.6 is 0 Å². The number of methoxy groups -OCH3 is 2. The molecule has 7 heteroatoms. The second kappa shape index (κ2) is 11.4. The lowest BCUT2D eigenvalue weighted by Gasteiger charge is -2.47. The van der Waals surface area contributed by atoms with Crippen molar-refractivity contribution in [3.8, 4) is 11.5 Å². The minimum Gasteiger partial charge on any atom is -0.497 e. The van der Waals surface area contributed by atoms with E-state index >= 15 is 0 Å². The SMILES string of the molecule is COc1ccc(CN2C(=O)[C@H](NC(=O)OCc3ccccc3)[C@@H]2CCc2ccccc2)c(OC)c1. The zero-order chi connectivity index (χ0) is 24.6. The molecule has 3 aromatic rings. The van der Waals surface area contributed by atoms with Crippen LogP contribution in [-0.4, -0.2) is 43.2 Å². The Morgan fingerprint density at radius 2 is 1.60 bits per heavy atom. The Hall–Kier alpha value is -4.00. The van der Waals surface area contributed by atoms with Crippen molar-refractivity contribution in [1.29, 1.82) is 0 Å². The van der Waals surface area contributed by atoms with Crippen LogP contribution in [0.1, 0.15) is 23.1 Å². The molecular weight excluding hydrogens is 444 g/mol. The molecule has 0 aromatic heterocycles. The Morgan fingerprint density at radius 3 is 2.26 bits per heavy atom. The molecule has 35 heavy (non-hydrogen) atoms. The molecule has 182 valence electrons. The van der Waals surface area contributed by atoms with Gasteiger partial charge in [-0.1, -0.05) is 60.7 Å². The quantitative estimate of drug-likeness (QED) is 0.442. The predicted octanol–water partition coefficient (Wildman–Crippen LogP) is 4.34. The summed E-state index contributed by atoms with van der Waals surface area (Å²) in [5.74, 6) is 1.19. The van der Waals surface area contributed by atoms with Crippen LogP contribution in [0.4, 0.5) is 4.79 Å². The third-order valence-electron chi connectivity index (χ3n) is 6.23. The highest BCUT2D eigenvalue weighted by atomic mass is 16.5. The molecule has 0 aliphatic carbocycles. The molecule has 0 unspecified atom stereocenters. The number of ether oxygens (including phenoxy) is 3. The van der Waals surface area contributed by atoms with Gasteiger partial charge in [0.2, 0.25) is 5.91 Å². The number of nitrogens with zero attached hydrogens (tertiary/aromatic N) is 1. The van der Waals surface area contributed by atoms with Gasteiger partial charge in [-0.25, -0.2) is 4.79 Å². The van der Waals surface area contributed by atoms with Crippen LogP contribution in [0.25, 0.3) is 0 Å². The fourth-order valence-electron chi connectivity index (χ4n) is 4.30. The normalized spacial score (nSPS) is 16.9. The van der Waals surface area contributed by atoms with E-state index in [1.54, 1.807) is 25.2 Å². The van der Waals surface area contributed by atoms with Gasteiger partial charge in [0.1, 0.15) is 24.1 Å². The number of carbonyl (C=O) groups excluding carboxylic acids is 2. The van der Waals surface area contributed by atoms with Gasteiger partial charge in [0, 0.05) is 18.2 Å². The molecule has 2 atom stereocenters. The molecule has 0 saturated carbocycles. The molecule has 3 aromatic carbocycles. The number of carbonyl (C=O) groups is 2. The smallest absolute Gasteiger partial charge is 0.408 e. The molecule has 0 spiro atoms. The highest BCUT2D eigenvalue weighted by Crippen LogP contribution is 2.31. The lowest BCUT2D eigenvalue weighted by Crippen LogP contribution is -2.70. The molecular formula is C28H30N2O5. The summed E-state index contributed by atoms with van der Waals surface area (Å²) in [5.41, 5.74) is 2.94. The van der Waals surface area contributed by atoms with Gasteiger partial charge >= 0.3 is 6.09 Å². The van der Waals surface area contributed by atoms with Crippen LogP contribution in [0.15, 0.2) is 78.9 Å². The van der Waals surface area contributed by atoms with E-state index in [-0.39, 0.29) is 18.6 Å². The lowest BCUT2D eigenvalue weighted by molar-refractivity contribution is -0.152. The monoisotopic (exact) mass is 474 g/mol. The summed E-state index contributed by atoms with van der Waals surface area (Å²) in [6, 6.07) is 24.3. The van der Waals surface area contributed by atoms with E-state index in [2.05, 4.69) is 17.4 Å². The number of likely N-dealkylation sites (tertiary alicyclic amines) is 1. The number of aryl methyl sites for hydroxylation is 1. The maximum absolute atomic E-state index is 13.1. The number of amides is 2. The summed E-state index contributed by atoms with van der Waals surface area (Å²) >= 11 is 0. The van der Waals surface area contributed by atoms with Crippen LogP contribution in [-0.2, 0) is 29.1 Å². The maximum Gasteiger partial charge on any atom is 0.408 e. The van der Waals surface area contributed by atoms with Crippen LogP contribution < -0.4 is 14.8 Å². The first-order chi connectivity index (χ1) is 17.1. The first kappa shape index (κ1) is 24.1. The average molecular weight is 475 g/mol. The van der Waals surface area contributed by atoms with Crippen molar-refractivity contribution in [3.05, 3.63) is 95.6 Å². The molecule has 1 heterocycles. The Bertz CT molecular complexity index is 1140. The largest absolute Gasteiger partial charge is 0.497 e. The number of benzene rings is 3. The fraction of sp³-hybridized carbons (Fsp3) is 0.286. The number of alkyl carbamates (subject to hydrolysis) is 1. The number of nitrogens with one attached hydrogen (secondary N) is 1. The number of hydrogen-bond donors (Lipinski definition) is 1. The molecule has 7 nitrogen and oxygen atoms in total. The van der Waals surface area contributed by atoms with Crippen LogP contribution in [0.2, 0.25) is 0 Å². The van der Waals surface area contributed by atoms with E-state index < -0.39 is 12.1 Å². The second-order valence-electron chi connectivity index (χ2n) is 8.42. The van der Waals surface area contributed by atoms with Crippen LogP contribution in [0.5, 0.6) is 11.5 Å². The molecule has 1 aliphatic heterocycles. The summed E-state index contributed by atoms with van der Waals surface area (Å²) in [5, 5.41) is 2.78. The summed E-state index contributed by atoms with van der Waals surface area (Å²) in [4.78, 5) is 27.4. The van der Waals surface area contributed by atoms with Crippen molar-refractivity contribution >= 4 is 12.0 Å². The molecule has 1 fully saturated rings. The average Bonchev–Trinajstić information content (AvgIpc) is 2.91. The van der Waals surface area contributed by atoms with Crippen molar-refractivity contribution < 1.29 is 23.8 Å². The van der Waals surface area contributed by atoms with Gasteiger partial charge in [0.15, 0.2) is 0 Å². The lowest BCUT2D eigenvalue weighted by atomic mass is 9.88. The van der Waals surface area contributed by atoms with Gasteiger partial charge in [-0.05, 0) is 36.1 Å². The zero-order valence-corrected chi connectivity index (χ0v) is 20.0. The Balaban J connectivity index is 1.44. The van der Waals surface area contributed by atoms with Gasteiger partial charge in [-0.15, -0.1) is 0 Å². The summed E-state index contributed by atoms with van der Waals surface area (Å²) in [7, 11) is 3.19. The fourth-order valence-corrected chi connectivity index (χ4v) is 4.30. The Labute approximate surface area is 205 Å². The Kier molecular flexibility index (Phi) is 7.88.